The van der Waals surface area contributed by atoms with Crippen LogP contribution in [-0.2, 0) is 50.1 Å². The number of nitrogens with zero attached hydrogens (tertiary/aromatic N) is 2. The molecule has 1 aromatic heterocycles. The van der Waals surface area contributed by atoms with Gasteiger partial charge in [0, 0.05) is 18.2 Å². The highest BCUT2D eigenvalue weighted by Gasteiger charge is 2.44. The van der Waals surface area contributed by atoms with Gasteiger partial charge in [-0.05, 0) is 40.5 Å². The Morgan fingerprint density at radius 1 is 0.625 bits per heavy atom. The third-order valence-electron chi connectivity index (χ3n) is 9.51. The number of hydrogen-bond acceptors (Lipinski definition) is 8. The van der Waals surface area contributed by atoms with Gasteiger partial charge in [0.25, 0.3) is 5.91 Å². The summed E-state index contributed by atoms with van der Waals surface area (Å²) >= 11 is 0. The lowest BCUT2D eigenvalue weighted by atomic mass is 10.0. The molecule has 5 aromatic carbocycles. The highest BCUT2D eigenvalue weighted by atomic mass is 16.6. The highest BCUT2D eigenvalue weighted by molar-refractivity contribution is 6.03. The van der Waals surface area contributed by atoms with Crippen LogP contribution >= 0.6 is 0 Å². The Morgan fingerprint density at radius 2 is 1.11 bits per heavy atom. The summed E-state index contributed by atoms with van der Waals surface area (Å²) < 4.78 is 35.1. The number of nitrogens with one attached hydrogen (secondary N) is 1. The van der Waals surface area contributed by atoms with Crippen molar-refractivity contribution >= 4 is 11.7 Å². The van der Waals surface area contributed by atoms with Crippen molar-refractivity contribution in [3.05, 3.63) is 202 Å². The second-order valence-corrected chi connectivity index (χ2v) is 13.5. The number of rotatable bonds is 16. The molecule has 0 spiro atoms. The molecule has 1 aliphatic rings. The van der Waals surface area contributed by atoms with Crippen LogP contribution < -0.4 is 11.0 Å². The summed E-state index contributed by atoms with van der Waals surface area (Å²) in [5.41, 5.74) is 3.81. The molecule has 10 nitrogen and oxygen atoms in total. The number of carbonyl (C=O) groups is 1. The Bertz CT molecular complexity index is 2140. The Morgan fingerprint density at radius 3 is 1.64 bits per heavy atom. The first-order valence-electron chi connectivity index (χ1n) is 18.8. The van der Waals surface area contributed by atoms with E-state index in [1.165, 1.54) is 4.57 Å². The maximum Gasteiger partial charge on any atom is 0.351 e. The first kappa shape index (κ1) is 38.5. The topological polar surface area (TPSA) is 110 Å². The van der Waals surface area contributed by atoms with Crippen LogP contribution in [0.3, 0.4) is 0 Å². The zero-order valence-electron chi connectivity index (χ0n) is 31.0. The van der Waals surface area contributed by atoms with Gasteiger partial charge in [0.1, 0.15) is 30.4 Å². The first-order valence-corrected chi connectivity index (χ1v) is 18.8. The molecule has 7 rings (SSSR count). The molecule has 1 saturated heterocycles. The zero-order valence-corrected chi connectivity index (χ0v) is 31.0. The SMILES string of the molecule is O=C(Nc1ccn([C@H]2C[C@H](OCc3ccccc3)[C@@H](OCc3ccccc3)[C@H](OCc3ccccc3)[C@@H](COCc3ccccc3)O2)c(=O)n1)c1ccccc1. The molecule has 0 saturated carbocycles. The highest BCUT2D eigenvalue weighted by Crippen LogP contribution is 2.33. The van der Waals surface area contributed by atoms with Gasteiger partial charge in [-0.1, -0.05) is 140 Å². The van der Waals surface area contributed by atoms with Crippen molar-refractivity contribution in [2.24, 2.45) is 0 Å². The first-order chi connectivity index (χ1) is 27.6. The molecule has 1 amide bonds. The smallest absolute Gasteiger partial charge is 0.351 e. The summed E-state index contributed by atoms with van der Waals surface area (Å²) in [6.07, 6.45) is -1.69. The number of carbonyl (C=O) groups excluding carboxylic acids is 1. The Labute approximate surface area is 326 Å². The van der Waals surface area contributed by atoms with Crippen molar-refractivity contribution in [2.45, 2.75) is 63.5 Å². The van der Waals surface area contributed by atoms with E-state index in [-0.39, 0.29) is 31.4 Å². The van der Waals surface area contributed by atoms with Gasteiger partial charge in [-0.25, -0.2) is 4.79 Å². The summed E-state index contributed by atoms with van der Waals surface area (Å²) in [6.45, 7) is 1.35. The van der Waals surface area contributed by atoms with E-state index in [9.17, 15) is 9.59 Å². The van der Waals surface area contributed by atoms with E-state index in [1.54, 1.807) is 36.5 Å². The number of aromatic nitrogens is 2. The Kier molecular flexibility index (Phi) is 13.6. The zero-order chi connectivity index (χ0) is 38.4. The minimum Gasteiger partial charge on any atom is -0.374 e. The van der Waals surface area contributed by atoms with Gasteiger partial charge in [-0.2, -0.15) is 4.98 Å². The molecule has 286 valence electrons. The second-order valence-electron chi connectivity index (χ2n) is 13.5. The third-order valence-corrected chi connectivity index (χ3v) is 9.51. The van der Waals surface area contributed by atoms with Crippen LogP contribution in [0.2, 0.25) is 0 Å². The minimum atomic E-state index is -0.854. The Balaban J connectivity index is 1.23. The van der Waals surface area contributed by atoms with Crippen molar-refractivity contribution in [3.63, 3.8) is 0 Å². The average Bonchev–Trinajstić information content (AvgIpc) is 3.39. The fourth-order valence-corrected chi connectivity index (χ4v) is 6.63. The van der Waals surface area contributed by atoms with Gasteiger partial charge in [0.2, 0.25) is 0 Å². The lowest BCUT2D eigenvalue weighted by Gasteiger charge is -2.34. The number of ether oxygens (including phenoxy) is 5. The predicted molar refractivity (Wildman–Crippen MR) is 213 cm³/mol. The molecule has 0 bridgehead atoms. The fraction of sp³-hybridized carbons (Fsp3) is 0.239. The van der Waals surface area contributed by atoms with E-state index in [2.05, 4.69) is 10.3 Å². The summed E-state index contributed by atoms with van der Waals surface area (Å²) in [5.74, 6) is -0.246. The van der Waals surface area contributed by atoms with E-state index >= 15 is 0 Å². The van der Waals surface area contributed by atoms with Gasteiger partial charge in [-0.15, -0.1) is 0 Å². The molecule has 10 heteroatoms. The van der Waals surface area contributed by atoms with E-state index in [4.69, 9.17) is 23.7 Å². The largest absolute Gasteiger partial charge is 0.374 e. The van der Waals surface area contributed by atoms with Gasteiger partial charge < -0.3 is 29.0 Å². The quantitative estimate of drug-likeness (QED) is 0.107. The molecule has 5 atom stereocenters. The summed E-state index contributed by atoms with van der Waals surface area (Å²) in [4.78, 5) is 31.0. The van der Waals surface area contributed by atoms with Crippen LogP contribution in [-0.4, -0.2) is 46.5 Å². The molecule has 1 aliphatic heterocycles. The standard InChI is InChI=1S/C46H45N3O7/c50-45(38-24-14-5-15-25-38)47-41-26-27-49(46(51)48-41)42-28-39(53-30-35-18-8-2-9-19-35)43(54-31-36-20-10-3-11-21-36)44(55-32-37-22-12-4-13-23-37)40(56-42)33-52-29-34-16-6-1-7-17-34/h1-27,39-40,42-44H,28-33H2,(H,47,48,50,51)/t39-,40+,42+,43+,44+/m0/s1. The van der Waals surface area contributed by atoms with Crippen LogP contribution in [0, 0.1) is 0 Å². The lowest BCUT2D eigenvalue weighted by molar-refractivity contribution is -0.185. The van der Waals surface area contributed by atoms with Crippen molar-refractivity contribution in [1.82, 2.24) is 9.55 Å². The molecule has 0 unspecified atom stereocenters. The van der Waals surface area contributed by atoms with E-state index in [0.29, 0.717) is 25.4 Å². The molecule has 56 heavy (non-hydrogen) atoms. The van der Waals surface area contributed by atoms with Gasteiger partial charge in [-0.3, -0.25) is 9.36 Å². The molecule has 0 aliphatic carbocycles. The van der Waals surface area contributed by atoms with E-state index in [0.717, 1.165) is 22.3 Å². The van der Waals surface area contributed by atoms with Crippen LogP contribution in [0.4, 0.5) is 5.82 Å². The van der Waals surface area contributed by atoms with E-state index < -0.39 is 36.3 Å². The Hall–Kier alpha value is -5.75. The molecule has 1 fully saturated rings. The normalized spacial score (nSPS) is 19.5. The average molecular weight is 752 g/mol. The second kappa shape index (κ2) is 19.7. The van der Waals surface area contributed by atoms with Crippen molar-refractivity contribution in [1.29, 1.82) is 0 Å². The molecular formula is C46H45N3O7. The lowest BCUT2D eigenvalue weighted by Crippen LogP contribution is -2.48. The van der Waals surface area contributed by atoms with Crippen molar-refractivity contribution < 1.29 is 28.5 Å². The summed E-state index contributed by atoms with van der Waals surface area (Å²) in [5, 5.41) is 2.73. The van der Waals surface area contributed by atoms with E-state index in [1.807, 2.05) is 127 Å². The van der Waals surface area contributed by atoms with Gasteiger partial charge in [0.05, 0.1) is 39.1 Å². The molecule has 1 N–H and O–H groups in total. The monoisotopic (exact) mass is 751 g/mol. The molecular weight excluding hydrogens is 707 g/mol. The number of amides is 1. The maximum atomic E-state index is 13.8. The van der Waals surface area contributed by atoms with Gasteiger partial charge >= 0.3 is 5.69 Å². The van der Waals surface area contributed by atoms with Gasteiger partial charge in [0.15, 0.2) is 0 Å². The van der Waals surface area contributed by atoms with Crippen LogP contribution in [0.5, 0.6) is 0 Å². The van der Waals surface area contributed by atoms with Crippen molar-refractivity contribution in [2.75, 3.05) is 11.9 Å². The number of hydrogen-bond donors (Lipinski definition) is 1. The third kappa shape index (κ3) is 10.7. The maximum absolute atomic E-state index is 13.8. The van der Waals surface area contributed by atoms with Crippen LogP contribution in [0.25, 0.3) is 0 Å². The summed E-state index contributed by atoms with van der Waals surface area (Å²) in [6, 6.07) is 50.0. The molecule has 0 radical (unpaired) electrons. The minimum absolute atomic E-state index is 0.126. The molecule has 6 aromatic rings. The summed E-state index contributed by atoms with van der Waals surface area (Å²) in [7, 11) is 0. The van der Waals surface area contributed by atoms with Crippen LogP contribution in [0.1, 0.15) is 45.3 Å². The number of anilines is 1. The predicted octanol–water partition coefficient (Wildman–Crippen LogP) is 7.76. The molecule has 2 heterocycles. The van der Waals surface area contributed by atoms with Crippen LogP contribution in [0.15, 0.2) is 169 Å². The number of benzene rings is 5. The fourth-order valence-electron chi connectivity index (χ4n) is 6.63. The van der Waals surface area contributed by atoms with Crippen molar-refractivity contribution in [3.8, 4) is 0 Å².